The van der Waals surface area contributed by atoms with E-state index in [1.165, 1.54) is 12.1 Å². The molecule has 0 amide bonds. The fraction of sp³-hybridized carbons (Fsp3) is 0.400. The van der Waals surface area contributed by atoms with Crippen molar-refractivity contribution >= 4 is 17.3 Å². The van der Waals surface area contributed by atoms with E-state index in [0.29, 0.717) is 11.1 Å². The summed E-state index contributed by atoms with van der Waals surface area (Å²) in [7, 11) is 0. The molecule has 1 aliphatic carbocycles. The Morgan fingerprint density at radius 1 is 1.36 bits per heavy atom. The number of nitrogens with two attached hydrogens (primary N) is 1. The average molecular weight is 215 g/mol. The summed E-state index contributed by atoms with van der Waals surface area (Å²) in [6.45, 7) is 0. The lowest BCUT2D eigenvalue weighted by atomic mass is 9.87. The van der Waals surface area contributed by atoms with Crippen LogP contribution in [0.2, 0.25) is 5.02 Å². The number of halogens is 2. The summed E-state index contributed by atoms with van der Waals surface area (Å²) >= 11 is 5.72. The summed E-state index contributed by atoms with van der Waals surface area (Å²) in [5, 5.41) is 3.60. The standard InChI is InChI=1S/C10H12ClFN2/c11-6-1-7(12)3-9(2-6)14-10-4-8(13)5-10/h1-3,8,10,14H,4-5,13H2. The van der Waals surface area contributed by atoms with Gasteiger partial charge in [0, 0.05) is 22.8 Å². The SMILES string of the molecule is NC1CC(Nc2cc(F)cc(Cl)c2)C1. The normalized spacial score (nSPS) is 25.6. The predicted octanol–water partition coefficient (Wildman–Crippen LogP) is 2.38. The topological polar surface area (TPSA) is 38.0 Å². The van der Waals surface area contributed by atoms with E-state index in [0.717, 1.165) is 18.5 Å². The molecule has 1 fully saturated rings. The molecule has 0 bridgehead atoms. The smallest absolute Gasteiger partial charge is 0.126 e. The highest BCUT2D eigenvalue weighted by molar-refractivity contribution is 6.30. The van der Waals surface area contributed by atoms with Gasteiger partial charge in [0.2, 0.25) is 0 Å². The molecule has 3 N–H and O–H groups in total. The van der Waals surface area contributed by atoms with Gasteiger partial charge in [-0.25, -0.2) is 4.39 Å². The Kier molecular flexibility index (Phi) is 2.61. The fourth-order valence-corrected chi connectivity index (χ4v) is 1.87. The lowest BCUT2D eigenvalue weighted by Crippen LogP contribution is -2.44. The molecule has 0 aliphatic heterocycles. The van der Waals surface area contributed by atoms with Crippen LogP contribution in [0, 0.1) is 5.82 Å². The third-order valence-corrected chi connectivity index (χ3v) is 2.63. The molecule has 0 radical (unpaired) electrons. The number of benzene rings is 1. The highest BCUT2D eigenvalue weighted by Gasteiger charge is 2.25. The summed E-state index contributed by atoms with van der Waals surface area (Å²) in [5.41, 5.74) is 6.37. The minimum atomic E-state index is -0.316. The van der Waals surface area contributed by atoms with E-state index >= 15 is 0 Å². The second-order valence-corrected chi connectivity index (χ2v) is 4.17. The molecule has 1 aromatic rings. The molecule has 0 saturated heterocycles. The van der Waals surface area contributed by atoms with Crippen LogP contribution < -0.4 is 11.1 Å². The first kappa shape index (κ1) is 9.74. The Balaban J connectivity index is 2.02. The minimum absolute atomic E-state index is 0.288. The fourth-order valence-electron chi connectivity index (χ4n) is 1.65. The van der Waals surface area contributed by atoms with E-state index in [4.69, 9.17) is 17.3 Å². The number of anilines is 1. The second-order valence-electron chi connectivity index (χ2n) is 3.73. The molecule has 4 heteroatoms. The van der Waals surface area contributed by atoms with Crippen LogP contribution in [0.3, 0.4) is 0 Å². The van der Waals surface area contributed by atoms with Crippen LogP contribution in [0.15, 0.2) is 18.2 Å². The van der Waals surface area contributed by atoms with Crippen LogP contribution in [0.4, 0.5) is 10.1 Å². The molecule has 0 aromatic heterocycles. The largest absolute Gasteiger partial charge is 0.382 e. The van der Waals surface area contributed by atoms with Gasteiger partial charge in [-0.2, -0.15) is 0 Å². The number of nitrogens with one attached hydrogen (secondary N) is 1. The predicted molar refractivity (Wildman–Crippen MR) is 56.0 cm³/mol. The van der Waals surface area contributed by atoms with E-state index in [9.17, 15) is 4.39 Å². The zero-order valence-electron chi connectivity index (χ0n) is 7.63. The van der Waals surface area contributed by atoms with Crippen LogP contribution >= 0.6 is 11.6 Å². The van der Waals surface area contributed by atoms with Crippen LogP contribution in [-0.4, -0.2) is 12.1 Å². The van der Waals surface area contributed by atoms with Crippen molar-refractivity contribution in [2.24, 2.45) is 5.73 Å². The van der Waals surface area contributed by atoms with Gasteiger partial charge < -0.3 is 11.1 Å². The molecule has 0 atom stereocenters. The van der Waals surface area contributed by atoms with Crippen molar-refractivity contribution < 1.29 is 4.39 Å². The van der Waals surface area contributed by atoms with Crippen molar-refractivity contribution in [3.8, 4) is 0 Å². The van der Waals surface area contributed by atoms with Gasteiger partial charge in [0.25, 0.3) is 0 Å². The monoisotopic (exact) mass is 214 g/mol. The van der Waals surface area contributed by atoms with Gasteiger partial charge in [0.1, 0.15) is 5.82 Å². The maximum atomic E-state index is 12.9. The van der Waals surface area contributed by atoms with Gasteiger partial charge >= 0.3 is 0 Å². The molecule has 0 unspecified atom stereocenters. The highest BCUT2D eigenvalue weighted by atomic mass is 35.5. The van der Waals surface area contributed by atoms with Crippen LogP contribution in [0.25, 0.3) is 0 Å². The van der Waals surface area contributed by atoms with Crippen molar-refractivity contribution in [2.45, 2.75) is 24.9 Å². The number of hydrogen-bond donors (Lipinski definition) is 2. The quantitative estimate of drug-likeness (QED) is 0.794. The molecule has 1 saturated carbocycles. The highest BCUT2D eigenvalue weighted by Crippen LogP contribution is 2.25. The van der Waals surface area contributed by atoms with Gasteiger partial charge in [-0.1, -0.05) is 11.6 Å². The summed E-state index contributed by atoms with van der Waals surface area (Å²) in [6, 6.07) is 5.10. The Hall–Kier alpha value is -0.800. The van der Waals surface area contributed by atoms with E-state index in [1.54, 1.807) is 6.07 Å². The van der Waals surface area contributed by atoms with Crippen LogP contribution in [0.1, 0.15) is 12.8 Å². The Morgan fingerprint density at radius 3 is 2.64 bits per heavy atom. The number of hydrogen-bond acceptors (Lipinski definition) is 2. The van der Waals surface area contributed by atoms with Gasteiger partial charge in [0.15, 0.2) is 0 Å². The molecule has 1 aliphatic rings. The third-order valence-electron chi connectivity index (χ3n) is 2.41. The van der Waals surface area contributed by atoms with Gasteiger partial charge in [0.05, 0.1) is 0 Å². The molecule has 0 spiro atoms. The van der Waals surface area contributed by atoms with Gasteiger partial charge in [-0.05, 0) is 31.0 Å². The number of rotatable bonds is 2. The first-order valence-electron chi connectivity index (χ1n) is 4.62. The average Bonchev–Trinajstić information content (AvgIpc) is 1.99. The van der Waals surface area contributed by atoms with Gasteiger partial charge in [-0.15, -0.1) is 0 Å². The van der Waals surface area contributed by atoms with Crippen molar-refractivity contribution in [2.75, 3.05) is 5.32 Å². The molecule has 14 heavy (non-hydrogen) atoms. The molecular formula is C10H12ClFN2. The molecule has 2 rings (SSSR count). The summed E-state index contributed by atoms with van der Waals surface area (Å²) < 4.78 is 12.9. The lowest BCUT2D eigenvalue weighted by molar-refractivity contribution is 0.373. The van der Waals surface area contributed by atoms with Crippen molar-refractivity contribution in [1.29, 1.82) is 0 Å². The van der Waals surface area contributed by atoms with E-state index < -0.39 is 0 Å². The van der Waals surface area contributed by atoms with E-state index in [1.807, 2.05) is 0 Å². The molecule has 2 nitrogen and oxygen atoms in total. The summed E-state index contributed by atoms with van der Waals surface area (Å²) in [5.74, 6) is -0.316. The minimum Gasteiger partial charge on any atom is -0.382 e. The zero-order valence-corrected chi connectivity index (χ0v) is 8.39. The van der Waals surface area contributed by atoms with Crippen molar-refractivity contribution in [1.82, 2.24) is 0 Å². The molecule has 76 valence electrons. The van der Waals surface area contributed by atoms with E-state index in [2.05, 4.69) is 5.32 Å². The lowest BCUT2D eigenvalue weighted by Gasteiger charge is -2.33. The molecular weight excluding hydrogens is 203 g/mol. The Morgan fingerprint density at radius 2 is 2.07 bits per heavy atom. The van der Waals surface area contributed by atoms with E-state index in [-0.39, 0.29) is 11.9 Å². The molecule has 1 aromatic carbocycles. The van der Waals surface area contributed by atoms with Gasteiger partial charge in [-0.3, -0.25) is 0 Å². The summed E-state index contributed by atoms with van der Waals surface area (Å²) in [4.78, 5) is 0. The second kappa shape index (κ2) is 3.75. The Bertz CT molecular complexity index is 317. The first-order chi connectivity index (χ1) is 6.63. The van der Waals surface area contributed by atoms with Crippen LogP contribution in [-0.2, 0) is 0 Å². The summed E-state index contributed by atoms with van der Waals surface area (Å²) in [6.07, 6.45) is 1.88. The van der Waals surface area contributed by atoms with Crippen molar-refractivity contribution in [3.63, 3.8) is 0 Å². The van der Waals surface area contributed by atoms with Crippen LogP contribution in [0.5, 0.6) is 0 Å². The Labute approximate surface area is 87.2 Å². The maximum Gasteiger partial charge on any atom is 0.126 e. The first-order valence-corrected chi connectivity index (χ1v) is 4.99. The zero-order chi connectivity index (χ0) is 10.1. The maximum absolute atomic E-state index is 12.9. The van der Waals surface area contributed by atoms with Crippen molar-refractivity contribution in [3.05, 3.63) is 29.0 Å². The third kappa shape index (κ3) is 2.16. The molecule has 0 heterocycles.